The van der Waals surface area contributed by atoms with Crippen molar-refractivity contribution < 1.29 is 36.4 Å². The van der Waals surface area contributed by atoms with Crippen molar-refractivity contribution in [1.82, 2.24) is 0 Å². The lowest BCUT2D eigenvalue weighted by Gasteiger charge is -2.37. The minimum atomic E-state index is -5.19. The molecule has 2 heterocycles. The minimum absolute atomic E-state index is 0.0337. The van der Waals surface area contributed by atoms with Gasteiger partial charge in [0.15, 0.2) is 0 Å². The van der Waals surface area contributed by atoms with E-state index in [-0.39, 0.29) is 36.8 Å². The molecule has 6 rings (SSSR count). The summed E-state index contributed by atoms with van der Waals surface area (Å²) in [5.74, 6) is -1.73. The number of anilines is 1. The number of para-hydroxylation sites is 1. The number of halogens is 3. The lowest BCUT2D eigenvalue weighted by molar-refractivity contribution is -0.169. The highest BCUT2D eigenvalue weighted by molar-refractivity contribution is 7.93. The third-order valence-electron chi connectivity index (χ3n) is 9.08. The maximum atomic E-state index is 14.3. The van der Waals surface area contributed by atoms with Gasteiger partial charge in [-0.05, 0) is 85.5 Å². The van der Waals surface area contributed by atoms with Gasteiger partial charge in [0.05, 0.1) is 45.9 Å². The Morgan fingerprint density at radius 2 is 1.77 bits per heavy atom. The van der Waals surface area contributed by atoms with Gasteiger partial charge in [-0.3, -0.25) is 9.59 Å². The number of rotatable bonds is 8. The van der Waals surface area contributed by atoms with Gasteiger partial charge in [-0.15, -0.1) is 0 Å². The van der Waals surface area contributed by atoms with E-state index < -0.39 is 33.3 Å². The molecule has 252 valence electrons. The van der Waals surface area contributed by atoms with Gasteiger partial charge in [-0.2, -0.15) is 17.5 Å². The highest BCUT2D eigenvalue weighted by Crippen LogP contribution is 2.57. The number of amides is 2. The Morgan fingerprint density at radius 1 is 1.08 bits per heavy atom. The van der Waals surface area contributed by atoms with Crippen molar-refractivity contribution in [1.29, 1.82) is 0 Å². The van der Waals surface area contributed by atoms with E-state index in [4.69, 9.17) is 20.2 Å². The summed E-state index contributed by atoms with van der Waals surface area (Å²) in [5.41, 5.74) is 9.35. The maximum Gasteiger partial charge on any atom is 0.474 e. The first-order valence-corrected chi connectivity index (χ1v) is 17.5. The predicted molar refractivity (Wildman–Crippen MR) is 177 cm³/mol. The third-order valence-corrected chi connectivity index (χ3v) is 11.3. The van der Waals surface area contributed by atoms with Crippen molar-refractivity contribution in [2.24, 2.45) is 15.1 Å². The van der Waals surface area contributed by atoms with Crippen LogP contribution in [0, 0.1) is 0 Å². The van der Waals surface area contributed by atoms with Crippen LogP contribution in [0.5, 0.6) is 11.5 Å². The Labute approximate surface area is 276 Å². The normalized spacial score (nSPS) is 22.0. The number of ether oxygens (including phenoxy) is 2. The van der Waals surface area contributed by atoms with Gasteiger partial charge in [0.25, 0.3) is 0 Å². The summed E-state index contributed by atoms with van der Waals surface area (Å²) < 4.78 is 66.6. The largest absolute Gasteiger partial charge is 0.497 e. The molecule has 1 saturated heterocycles. The first kappa shape index (κ1) is 33.3. The number of fused-ring (bicyclic) bond motifs is 2. The van der Waals surface area contributed by atoms with E-state index in [0.717, 1.165) is 17.5 Å². The lowest BCUT2D eigenvalue weighted by atomic mass is 9.65. The molecule has 0 unspecified atom stereocenters. The van der Waals surface area contributed by atoms with Crippen LogP contribution >= 0.6 is 0 Å². The van der Waals surface area contributed by atoms with Crippen molar-refractivity contribution >= 4 is 38.6 Å². The summed E-state index contributed by atoms with van der Waals surface area (Å²) in [6, 6.07) is 20.6. The summed E-state index contributed by atoms with van der Waals surface area (Å²) in [6.07, 6.45) is -0.246. The summed E-state index contributed by atoms with van der Waals surface area (Å²) in [4.78, 5) is 32.4. The number of alkyl halides is 3. The minimum Gasteiger partial charge on any atom is -0.497 e. The fourth-order valence-corrected chi connectivity index (χ4v) is 8.50. The van der Waals surface area contributed by atoms with Crippen LogP contribution < -0.4 is 20.1 Å². The predicted octanol–water partition coefficient (Wildman–Crippen LogP) is 6.36. The fourth-order valence-electron chi connectivity index (χ4n) is 6.44. The van der Waals surface area contributed by atoms with E-state index in [1.165, 1.54) is 6.20 Å². The molecule has 2 amide bonds. The van der Waals surface area contributed by atoms with E-state index in [9.17, 15) is 27.0 Å². The Kier molecular flexibility index (Phi) is 9.08. The van der Waals surface area contributed by atoms with Gasteiger partial charge >= 0.3 is 12.1 Å². The molecule has 13 heteroatoms. The van der Waals surface area contributed by atoms with Gasteiger partial charge in [-0.25, -0.2) is 9.20 Å². The number of carbonyl (C=O) groups is 2. The topological polar surface area (TPSA) is 124 Å². The highest BCUT2D eigenvalue weighted by atomic mass is 32.2. The molecule has 2 aliphatic heterocycles. The zero-order chi connectivity index (χ0) is 34.1. The van der Waals surface area contributed by atoms with Crippen LogP contribution in [0.25, 0.3) is 0 Å². The van der Waals surface area contributed by atoms with Gasteiger partial charge in [-0.1, -0.05) is 36.8 Å². The number of benzene rings is 3. The second-order valence-electron chi connectivity index (χ2n) is 12.1. The summed E-state index contributed by atoms with van der Waals surface area (Å²) in [5, 5.41) is 0. The summed E-state index contributed by atoms with van der Waals surface area (Å²) >= 11 is 0. The smallest absolute Gasteiger partial charge is 0.474 e. The van der Waals surface area contributed by atoms with Crippen molar-refractivity contribution in [3.05, 3.63) is 95.7 Å². The van der Waals surface area contributed by atoms with Crippen LogP contribution in [0.15, 0.2) is 88.4 Å². The number of carbonyl (C=O) groups excluding carboxylic acids is 2. The average molecular weight is 681 g/mol. The maximum absolute atomic E-state index is 14.3. The number of nitrogens with zero attached hydrogens (tertiary/aromatic N) is 3. The molecule has 0 bridgehead atoms. The number of hydrogen-bond donors (Lipinski definition) is 1. The van der Waals surface area contributed by atoms with E-state index in [1.54, 1.807) is 24.2 Å². The zero-order valence-corrected chi connectivity index (χ0v) is 27.1. The molecular weight excluding hydrogens is 645 g/mol. The second kappa shape index (κ2) is 13.1. The van der Waals surface area contributed by atoms with Crippen molar-refractivity contribution in [3.63, 3.8) is 0 Å². The van der Waals surface area contributed by atoms with Gasteiger partial charge < -0.3 is 20.1 Å². The fraction of sp³-hybridized carbons (Fsp3) is 0.343. The number of methoxy groups -OCH3 is 1. The molecule has 9 nitrogen and oxygen atoms in total. The van der Waals surface area contributed by atoms with E-state index in [1.807, 2.05) is 60.7 Å². The van der Waals surface area contributed by atoms with Gasteiger partial charge in [0.1, 0.15) is 17.6 Å². The van der Waals surface area contributed by atoms with Crippen LogP contribution in [0.1, 0.15) is 48.8 Å². The Morgan fingerprint density at radius 3 is 2.35 bits per heavy atom. The molecule has 0 atom stereocenters. The average Bonchev–Trinajstić information content (AvgIpc) is 3.30. The molecule has 1 saturated carbocycles. The molecule has 3 aliphatic rings. The molecule has 2 N–H and O–H groups in total. The quantitative estimate of drug-likeness (QED) is 0.277. The first-order chi connectivity index (χ1) is 22.9. The van der Waals surface area contributed by atoms with Crippen LogP contribution in [0.4, 0.5) is 24.5 Å². The lowest BCUT2D eigenvalue weighted by Crippen LogP contribution is -2.44. The monoisotopic (exact) mass is 680 g/mol. The number of nitrogens with two attached hydrogens (primary N) is 1. The Hall–Kier alpha value is -4.65. The van der Waals surface area contributed by atoms with Crippen LogP contribution in [-0.2, 0) is 31.3 Å². The van der Waals surface area contributed by atoms with Crippen LogP contribution in [0.3, 0.4) is 0 Å². The second-order valence-corrected chi connectivity index (χ2v) is 14.7. The molecule has 0 aromatic heterocycles. The van der Waals surface area contributed by atoms with Crippen LogP contribution in [-0.4, -0.2) is 52.6 Å². The van der Waals surface area contributed by atoms with E-state index in [0.29, 0.717) is 47.0 Å². The molecule has 3 aromatic carbocycles. The van der Waals surface area contributed by atoms with Crippen molar-refractivity contribution in [2.45, 2.75) is 56.3 Å². The molecule has 0 radical (unpaired) electrons. The summed E-state index contributed by atoms with van der Waals surface area (Å²) in [6.45, 7) is 0.276. The molecule has 3 aromatic rings. The number of hydrogen-bond acceptors (Lipinski definition) is 7. The Balaban J connectivity index is 1.42. The highest BCUT2D eigenvalue weighted by Gasteiger charge is 2.55. The van der Waals surface area contributed by atoms with Crippen LogP contribution in [0.2, 0.25) is 0 Å². The Bertz CT molecular complexity index is 1880. The van der Waals surface area contributed by atoms with Gasteiger partial charge in [0, 0.05) is 17.1 Å². The molecule has 48 heavy (non-hydrogen) atoms. The molecule has 1 aliphatic carbocycles. The molecule has 1 spiro atoms. The van der Waals surface area contributed by atoms with E-state index in [2.05, 4.69) is 4.36 Å². The zero-order valence-electron chi connectivity index (χ0n) is 26.2. The van der Waals surface area contributed by atoms with Crippen molar-refractivity contribution in [3.8, 4) is 11.5 Å². The van der Waals surface area contributed by atoms with E-state index >= 15 is 0 Å². The number of aliphatic imine (C=N–C) groups is 1. The molecule has 2 fully saturated rings. The summed E-state index contributed by atoms with van der Waals surface area (Å²) in [7, 11) is -1.81. The molecular formula is C35H35F3N4O5S. The van der Waals surface area contributed by atoms with Crippen molar-refractivity contribution in [2.75, 3.05) is 23.5 Å². The first-order valence-electron chi connectivity index (χ1n) is 15.6. The standard InChI is InChI=1S/C35H35F3N4O5S/c1-46-26-10-8-23(9-11-26)22-42-31-28(34(33(42)44)15-5-16-34)20-24(29(12-17-39)40-25-6-3-2-4-7-25)21-30(31)47-27-13-18-48(45,19-14-27)41-32(43)35(36,37)38/h2-4,6-12,17,20-21,27H,5,13-16,18-19,22,39H2,1H3. The number of allylic oxidation sites excluding steroid dienone is 1. The SMILES string of the molecule is COc1ccc(CN2C(=O)C3(CCC3)c3cc(C(C=CN)=Nc4ccccc4)cc(OC4CCS(=O)(=NC(=O)C(F)(F)F)CC4)c32)cc1. The third kappa shape index (κ3) is 6.55. The van der Waals surface area contributed by atoms with Gasteiger partial charge in [0.2, 0.25) is 5.91 Å².